The normalized spacial score (nSPS) is 10.6. The highest BCUT2D eigenvalue weighted by Gasteiger charge is 2.16. The van der Waals surface area contributed by atoms with Crippen molar-refractivity contribution in [2.75, 3.05) is 5.73 Å². The van der Waals surface area contributed by atoms with E-state index in [2.05, 4.69) is 5.16 Å². The third-order valence-electron chi connectivity index (χ3n) is 2.37. The number of rotatable bonds is 1. The number of hydrogen-bond acceptors (Lipinski definition) is 3. The van der Waals surface area contributed by atoms with Gasteiger partial charge in [0.15, 0.2) is 11.6 Å². The Labute approximate surface area is 92.8 Å². The zero-order chi connectivity index (χ0) is 11.0. The maximum Gasteiger partial charge on any atom is 0.188 e. The second-order valence-electron chi connectivity index (χ2n) is 3.48. The monoisotopic (exact) mass is 222 g/mol. The van der Waals surface area contributed by atoms with Gasteiger partial charge in [0.2, 0.25) is 0 Å². The van der Waals surface area contributed by atoms with Crippen LogP contribution in [0.3, 0.4) is 0 Å². The van der Waals surface area contributed by atoms with Crippen molar-refractivity contribution in [3.05, 3.63) is 34.3 Å². The van der Waals surface area contributed by atoms with Crippen LogP contribution in [0.2, 0.25) is 5.02 Å². The van der Waals surface area contributed by atoms with E-state index in [-0.39, 0.29) is 5.82 Å². The van der Waals surface area contributed by atoms with Crippen molar-refractivity contribution in [2.45, 2.75) is 13.8 Å². The number of anilines is 1. The highest BCUT2D eigenvalue weighted by atomic mass is 35.5. The Hall–Kier alpha value is -1.48. The molecule has 0 aliphatic rings. The van der Waals surface area contributed by atoms with E-state index in [0.29, 0.717) is 10.8 Å². The van der Waals surface area contributed by atoms with Gasteiger partial charge in [0.05, 0.1) is 0 Å². The fourth-order valence-corrected chi connectivity index (χ4v) is 1.78. The van der Waals surface area contributed by atoms with Crippen molar-refractivity contribution in [2.24, 2.45) is 0 Å². The molecule has 15 heavy (non-hydrogen) atoms. The molecule has 2 N–H and O–H groups in total. The number of aryl methyl sites for hydroxylation is 2. The molecule has 0 bridgehead atoms. The standard InChI is InChI=1S/C11H11ClN2O/c1-6-4-3-5-7(2)8(6)10-9(12)11(13)14-15-10/h3-5H,1-2H3,(H2,13,14). The molecule has 0 unspecified atom stereocenters. The number of nitrogens with two attached hydrogens (primary N) is 1. The van der Waals surface area contributed by atoms with Crippen LogP contribution in [-0.4, -0.2) is 5.16 Å². The smallest absolute Gasteiger partial charge is 0.188 e. The molecule has 0 saturated heterocycles. The second-order valence-corrected chi connectivity index (χ2v) is 3.86. The maximum atomic E-state index is 6.01. The van der Waals surface area contributed by atoms with Gasteiger partial charge in [-0.15, -0.1) is 0 Å². The Morgan fingerprint density at radius 1 is 1.27 bits per heavy atom. The molecule has 0 fully saturated rings. The molecule has 0 atom stereocenters. The Morgan fingerprint density at radius 2 is 1.87 bits per heavy atom. The number of halogens is 1. The van der Waals surface area contributed by atoms with Crippen LogP contribution in [0.5, 0.6) is 0 Å². The van der Waals surface area contributed by atoms with Gasteiger partial charge in [-0.3, -0.25) is 0 Å². The van der Waals surface area contributed by atoms with Gasteiger partial charge in [-0.05, 0) is 25.0 Å². The fraction of sp³-hybridized carbons (Fsp3) is 0.182. The minimum Gasteiger partial charge on any atom is -0.380 e. The molecule has 0 saturated carbocycles. The van der Waals surface area contributed by atoms with Gasteiger partial charge in [-0.25, -0.2) is 0 Å². The summed E-state index contributed by atoms with van der Waals surface area (Å²) in [6.45, 7) is 3.99. The minimum atomic E-state index is 0.231. The molecule has 2 rings (SSSR count). The Bertz CT molecular complexity index is 485. The van der Waals surface area contributed by atoms with Gasteiger partial charge < -0.3 is 10.3 Å². The Kier molecular flexibility index (Phi) is 2.40. The van der Waals surface area contributed by atoms with Gasteiger partial charge in [0.1, 0.15) is 5.02 Å². The number of nitrogens with zero attached hydrogens (tertiary/aromatic N) is 1. The van der Waals surface area contributed by atoms with Crippen LogP contribution in [0.15, 0.2) is 22.7 Å². The van der Waals surface area contributed by atoms with Gasteiger partial charge in [-0.1, -0.05) is 35.0 Å². The molecular weight excluding hydrogens is 212 g/mol. The topological polar surface area (TPSA) is 52.0 Å². The molecule has 0 spiro atoms. The lowest BCUT2D eigenvalue weighted by molar-refractivity contribution is 0.435. The molecule has 1 aromatic heterocycles. The first kappa shape index (κ1) is 10.1. The summed E-state index contributed by atoms with van der Waals surface area (Å²) in [5.74, 6) is 0.777. The van der Waals surface area contributed by atoms with Gasteiger partial charge >= 0.3 is 0 Å². The molecule has 3 nitrogen and oxygen atoms in total. The molecule has 1 aromatic carbocycles. The highest BCUT2D eigenvalue weighted by molar-refractivity contribution is 6.35. The summed E-state index contributed by atoms with van der Waals surface area (Å²) < 4.78 is 5.14. The summed E-state index contributed by atoms with van der Waals surface area (Å²) in [4.78, 5) is 0. The van der Waals surface area contributed by atoms with Crippen molar-refractivity contribution >= 4 is 17.4 Å². The first-order chi connectivity index (χ1) is 7.11. The van der Waals surface area contributed by atoms with Crippen LogP contribution in [-0.2, 0) is 0 Å². The predicted octanol–water partition coefficient (Wildman–Crippen LogP) is 3.19. The van der Waals surface area contributed by atoms with Crippen LogP contribution in [0.25, 0.3) is 11.3 Å². The van der Waals surface area contributed by atoms with E-state index in [4.69, 9.17) is 21.9 Å². The molecule has 1 heterocycles. The summed E-state index contributed by atoms with van der Waals surface area (Å²) in [6, 6.07) is 5.98. The zero-order valence-corrected chi connectivity index (χ0v) is 9.30. The van der Waals surface area contributed by atoms with Crippen molar-refractivity contribution in [3.8, 4) is 11.3 Å². The number of nitrogen functional groups attached to an aromatic ring is 1. The SMILES string of the molecule is Cc1cccc(C)c1-c1onc(N)c1Cl. The third-order valence-corrected chi connectivity index (χ3v) is 2.73. The van der Waals surface area contributed by atoms with Crippen molar-refractivity contribution < 1.29 is 4.52 Å². The van der Waals surface area contributed by atoms with E-state index in [1.165, 1.54) is 0 Å². The summed E-state index contributed by atoms with van der Waals surface area (Å²) in [5, 5.41) is 4.03. The number of hydrogen-bond donors (Lipinski definition) is 1. The molecule has 0 amide bonds. The highest BCUT2D eigenvalue weighted by Crippen LogP contribution is 2.35. The molecule has 78 valence electrons. The first-order valence-corrected chi connectivity index (χ1v) is 4.96. The van der Waals surface area contributed by atoms with Gasteiger partial charge in [-0.2, -0.15) is 0 Å². The van der Waals surface area contributed by atoms with Crippen LogP contribution < -0.4 is 5.73 Å². The van der Waals surface area contributed by atoms with E-state index in [1.807, 2.05) is 32.0 Å². The average molecular weight is 223 g/mol. The van der Waals surface area contributed by atoms with E-state index < -0.39 is 0 Å². The lowest BCUT2D eigenvalue weighted by Gasteiger charge is -2.05. The lowest BCUT2D eigenvalue weighted by Crippen LogP contribution is -1.87. The van der Waals surface area contributed by atoms with Crippen LogP contribution in [0, 0.1) is 13.8 Å². The molecule has 4 heteroatoms. The molecule has 0 radical (unpaired) electrons. The summed E-state index contributed by atoms with van der Waals surface area (Å²) in [5.41, 5.74) is 8.69. The molecule has 0 aliphatic carbocycles. The maximum absolute atomic E-state index is 6.01. The zero-order valence-electron chi connectivity index (χ0n) is 8.54. The number of aromatic nitrogens is 1. The van der Waals surface area contributed by atoms with E-state index in [0.717, 1.165) is 16.7 Å². The summed E-state index contributed by atoms with van der Waals surface area (Å²) in [6.07, 6.45) is 0. The fourth-order valence-electron chi connectivity index (χ4n) is 1.62. The Balaban J connectivity index is 2.69. The quantitative estimate of drug-likeness (QED) is 0.806. The van der Waals surface area contributed by atoms with E-state index in [1.54, 1.807) is 0 Å². The van der Waals surface area contributed by atoms with Gasteiger partial charge in [0, 0.05) is 5.56 Å². The summed E-state index contributed by atoms with van der Waals surface area (Å²) >= 11 is 6.01. The van der Waals surface area contributed by atoms with Crippen molar-refractivity contribution in [1.82, 2.24) is 5.16 Å². The first-order valence-electron chi connectivity index (χ1n) is 4.58. The predicted molar refractivity (Wildman–Crippen MR) is 60.8 cm³/mol. The van der Waals surface area contributed by atoms with Crippen LogP contribution in [0.4, 0.5) is 5.82 Å². The summed E-state index contributed by atoms with van der Waals surface area (Å²) in [7, 11) is 0. The molecule has 0 aliphatic heterocycles. The third kappa shape index (κ3) is 1.59. The van der Waals surface area contributed by atoms with Crippen LogP contribution in [0.1, 0.15) is 11.1 Å². The van der Waals surface area contributed by atoms with Crippen LogP contribution >= 0.6 is 11.6 Å². The number of benzene rings is 1. The lowest BCUT2D eigenvalue weighted by atomic mass is 10.0. The largest absolute Gasteiger partial charge is 0.380 e. The molecular formula is C11H11ClN2O. The molecule has 2 aromatic rings. The van der Waals surface area contributed by atoms with Crippen molar-refractivity contribution in [1.29, 1.82) is 0 Å². The van der Waals surface area contributed by atoms with E-state index >= 15 is 0 Å². The van der Waals surface area contributed by atoms with E-state index in [9.17, 15) is 0 Å². The van der Waals surface area contributed by atoms with Crippen molar-refractivity contribution in [3.63, 3.8) is 0 Å². The van der Waals surface area contributed by atoms with Gasteiger partial charge in [0.25, 0.3) is 0 Å². The second kappa shape index (κ2) is 3.59. The minimum absolute atomic E-state index is 0.231. The Morgan fingerprint density at radius 3 is 2.33 bits per heavy atom. The average Bonchev–Trinajstić information content (AvgIpc) is 2.49.